The van der Waals surface area contributed by atoms with Crippen LogP contribution in [0.3, 0.4) is 0 Å². The third-order valence-corrected chi connectivity index (χ3v) is 4.47. The average Bonchev–Trinajstić information content (AvgIpc) is 3.09. The molecule has 0 spiro atoms. The molecule has 126 valence electrons. The Labute approximate surface area is 143 Å². The molecule has 3 rings (SSSR count). The predicted octanol–water partition coefficient (Wildman–Crippen LogP) is 3.81. The number of nitrogens with zero attached hydrogens (tertiary/aromatic N) is 3. The molecule has 5 nitrogen and oxygen atoms in total. The number of aromatic nitrogens is 2. The predicted molar refractivity (Wildman–Crippen MR) is 96.4 cm³/mol. The van der Waals surface area contributed by atoms with Gasteiger partial charge in [0.25, 0.3) is 5.91 Å². The van der Waals surface area contributed by atoms with Crippen molar-refractivity contribution in [2.24, 2.45) is 0 Å². The van der Waals surface area contributed by atoms with Gasteiger partial charge in [0.15, 0.2) is 5.69 Å². The second kappa shape index (κ2) is 7.43. The van der Waals surface area contributed by atoms with Crippen molar-refractivity contribution in [3.05, 3.63) is 47.7 Å². The topological polar surface area (TPSA) is 58.1 Å². The van der Waals surface area contributed by atoms with E-state index in [4.69, 9.17) is 0 Å². The van der Waals surface area contributed by atoms with Gasteiger partial charge in [-0.05, 0) is 56.5 Å². The zero-order chi connectivity index (χ0) is 16.9. The number of amides is 1. The van der Waals surface area contributed by atoms with Crippen molar-refractivity contribution in [1.82, 2.24) is 10.2 Å². The molecule has 0 aliphatic heterocycles. The van der Waals surface area contributed by atoms with Gasteiger partial charge >= 0.3 is 0 Å². The molecular formula is C19H24N4O. The number of benzene rings is 1. The van der Waals surface area contributed by atoms with Crippen molar-refractivity contribution < 1.29 is 4.79 Å². The maximum Gasteiger partial charge on any atom is 0.278 e. The highest BCUT2D eigenvalue weighted by molar-refractivity contribution is 6.04. The maximum absolute atomic E-state index is 12.7. The van der Waals surface area contributed by atoms with Crippen LogP contribution in [-0.2, 0) is 0 Å². The summed E-state index contributed by atoms with van der Waals surface area (Å²) in [5.41, 5.74) is 2.38. The van der Waals surface area contributed by atoms with Gasteiger partial charge in [0.05, 0.1) is 0 Å². The molecule has 1 aromatic carbocycles. The number of aryl methyl sites for hydroxylation is 1. The summed E-state index contributed by atoms with van der Waals surface area (Å²) in [6, 6.07) is 12.0. The van der Waals surface area contributed by atoms with Crippen molar-refractivity contribution in [1.29, 1.82) is 0 Å². The van der Waals surface area contributed by atoms with Crippen molar-refractivity contribution in [2.75, 3.05) is 16.8 Å². The van der Waals surface area contributed by atoms with Crippen LogP contribution in [0.1, 0.15) is 48.7 Å². The van der Waals surface area contributed by atoms with Crippen molar-refractivity contribution in [3.8, 4) is 0 Å². The van der Waals surface area contributed by atoms with Crippen molar-refractivity contribution >= 4 is 17.4 Å². The number of carbonyl (C=O) groups excluding carboxylic acids is 1. The van der Waals surface area contributed by atoms with Crippen molar-refractivity contribution in [2.45, 2.75) is 45.6 Å². The summed E-state index contributed by atoms with van der Waals surface area (Å²) < 4.78 is 0. The standard InChI is InChI=1S/C19H24N4O/c1-3-23(16-10-6-7-14(2)13-16)19(24)17-11-12-18(22-21-17)20-15-8-4-5-9-15/h6-7,10-13,15H,3-5,8-9H2,1-2H3,(H,20,22). The average molecular weight is 324 g/mol. The molecule has 1 aliphatic carbocycles. The molecule has 0 unspecified atom stereocenters. The molecule has 1 saturated carbocycles. The van der Waals surface area contributed by atoms with Gasteiger partial charge in [-0.2, -0.15) is 0 Å². The number of anilines is 2. The van der Waals surface area contributed by atoms with Gasteiger partial charge in [0, 0.05) is 18.3 Å². The summed E-state index contributed by atoms with van der Waals surface area (Å²) in [6.07, 6.45) is 4.89. The van der Waals surface area contributed by atoms with Gasteiger partial charge in [-0.1, -0.05) is 25.0 Å². The molecule has 0 bridgehead atoms. The molecule has 1 heterocycles. The van der Waals surface area contributed by atoms with Crippen LogP contribution in [0.2, 0.25) is 0 Å². The number of carbonyl (C=O) groups is 1. The van der Waals surface area contributed by atoms with E-state index in [1.54, 1.807) is 11.0 Å². The lowest BCUT2D eigenvalue weighted by atomic mass is 10.2. The zero-order valence-corrected chi connectivity index (χ0v) is 14.3. The summed E-state index contributed by atoms with van der Waals surface area (Å²) in [4.78, 5) is 14.5. The Kier molecular flexibility index (Phi) is 5.08. The molecule has 24 heavy (non-hydrogen) atoms. The van der Waals surface area contributed by atoms with Crippen LogP contribution in [-0.4, -0.2) is 28.7 Å². The molecule has 1 fully saturated rings. The molecule has 1 aliphatic rings. The van der Waals surface area contributed by atoms with Gasteiger partial charge in [0.2, 0.25) is 0 Å². The molecule has 0 atom stereocenters. The Morgan fingerprint density at radius 2 is 2.00 bits per heavy atom. The maximum atomic E-state index is 12.7. The summed E-state index contributed by atoms with van der Waals surface area (Å²) in [6.45, 7) is 4.57. The monoisotopic (exact) mass is 324 g/mol. The van der Waals surface area contributed by atoms with Gasteiger partial charge < -0.3 is 10.2 Å². The normalized spacial score (nSPS) is 14.6. The molecule has 0 saturated heterocycles. The summed E-state index contributed by atoms with van der Waals surface area (Å²) in [7, 11) is 0. The molecule has 5 heteroatoms. The molecule has 0 radical (unpaired) electrons. The first kappa shape index (κ1) is 16.4. The number of nitrogens with one attached hydrogen (secondary N) is 1. The fraction of sp³-hybridized carbons (Fsp3) is 0.421. The SMILES string of the molecule is CCN(C(=O)c1ccc(NC2CCCC2)nn1)c1cccc(C)c1. The van der Waals surface area contributed by atoms with Crippen LogP contribution in [0, 0.1) is 6.92 Å². The van der Waals surface area contributed by atoms with Gasteiger partial charge in [-0.3, -0.25) is 4.79 Å². The third kappa shape index (κ3) is 3.72. The number of hydrogen-bond acceptors (Lipinski definition) is 4. The van der Waals surface area contributed by atoms with E-state index >= 15 is 0 Å². The van der Waals surface area contributed by atoms with Gasteiger partial charge in [0.1, 0.15) is 5.82 Å². The lowest BCUT2D eigenvalue weighted by Crippen LogP contribution is -2.31. The second-order valence-corrected chi connectivity index (χ2v) is 6.32. The van der Waals surface area contributed by atoms with Crippen LogP contribution in [0.25, 0.3) is 0 Å². The van der Waals surface area contributed by atoms with Crippen LogP contribution in [0.15, 0.2) is 36.4 Å². The van der Waals surface area contributed by atoms with E-state index in [2.05, 4.69) is 15.5 Å². The lowest BCUT2D eigenvalue weighted by molar-refractivity contribution is 0.0982. The van der Waals surface area contributed by atoms with Crippen LogP contribution >= 0.6 is 0 Å². The van der Waals surface area contributed by atoms with Crippen molar-refractivity contribution in [3.63, 3.8) is 0 Å². The fourth-order valence-electron chi connectivity index (χ4n) is 3.18. The van der Waals surface area contributed by atoms with E-state index in [1.807, 2.05) is 44.2 Å². The lowest BCUT2D eigenvalue weighted by Gasteiger charge is -2.21. The minimum atomic E-state index is -0.122. The second-order valence-electron chi connectivity index (χ2n) is 6.32. The zero-order valence-electron chi connectivity index (χ0n) is 14.3. The minimum absolute atomic E-state index is 0.122. The number of hydrogen-bond donors (Lipinski definition) is 1. The molecule has 1 N–H and O–H groups in total. The highest BCUT2D eigenvalue weighted by Crippen LogP contribution is 2.22. The largest absolute Gasteiger partial charge is 0.366 e. The molecule has 1 amide bonds. The Morgan fingerprint density at radius 3 is 2.62 bits per heavy atom. The van der Waals surface area contributed by atoms with Crippen LogP contribution in [0.4, 0.5) is 11.5 Å². The summed E-state index contributed by atoms with van der Waals surface area (Å²) in [5, 5.41) is 11.7. The molecule has 1 aromatic heterocycles. The van der Waals surface area contributed by atoms with E-state index in [9.17, 15) is 4.79 Å². The van der Waals surface area contributed by atoms with E-state index in [0.29, 0.717) is 18.3 Å². The highest BCUT2D eigenvalue weighted by Gasteiger charge is 2.19. The first-order valence-electron chi connectivity index (χ1n) is 8.66. The Hall–Kier alpha value is -2.43. The smallest absolute Gasteiger partial charge is 0.278 e. The number of rotatable bonds is 5. The third-order valence-electron chi connectivity index (χ3n) is 4.47. The highest BCUT2D eigenvalue weighted by atomic mass is 16.2. The Morgan fingerprint density at radius 1 is 1.21 bits per heavy atom. The quantitative estimate of drug-likeness (QED) is 0.908. The van der Waals surface area contributed by atoms with Gasteiger partial charge in [-0.15, -0.1) is 10.2 Å². The van der Waals surface area contributed by atoms with E-state index < -0.39 is 0 Å². The summed E-state index contributed by atoms with van der Waals surface area (Å²) >= 11 is 0. The Bertz CT molecular complexity index is 693. The van der Waals surface area contributed by atoms with E-state index in [-0.39, 0.29) is 5.91 Å². The first-order chi connectivity index (χ1) is 11.7. The Balaban J connectivity index is 1.73. The van der Waals surface area contributed by atoms with Crippen LogP contribution < -0.4 is 10.2 Å². The molecular weight excluding hydrogens is 300 g/mol. The first-order valence-corrected chi connectivity index (χ1v) is 8.66. The summed E-state index contributed by atoms with van der Waals surface area (Å²) in [5.74, 6) is 0.625. The van der Waals surface area contributed by atoms with Crippen LogP contribution in [0.5, 0.6) is 0 Å². The van der Waals surface area contributed by atoms with Gasteiger partial charge in [-0.25, -0.2) is 0 Å². The fourth-order valence-corrected chi connectivity index (χ4v) is 3.18. The van der Waals surface area contributed by atoms with E-state index in [1.165, 1.54) is 25.7 Å². The molecule has 2 aromatic rings. The minimum Gasteiger partial charge on any atom is -0.366 e. The van der Waals surface area contributed by atoms with E-state index in [0.717, 1.165) is 17.1 Å².